The number of aliphatic hydroxyl groups is 7. The molecule has 2 heterocycles. The highest BCUT2D eigenvalue weighted by Crippen LogP contribution is 2.27. The highest BCUT2D eigenvalue weighted by molar-refractivity contribution is 5.87. The second-order valence-electron chi connectivity index (χ2n) is 5.35. The van der Waals surface area contributed by atoms with Gasteiger partial charge in [-0.3, -0.25) is 4.79 Å². The number of rotatable bonds is 4. The van der Waals surface area contributed by atoms with E-state index in [0.29, 0.717) is 0 Å². The van der Waals surface area contributed by atoms with Gasteiger partial charge < -0.3 is 50.0 Å². The minimum absolute atomic E-state index is 0.685. The Labute approximate surface area is 130 Å². The predicted octanol–water partition coefficient (Wildman–Crippen LogP) is -5.19. The van der Waals surface area contributed by atoms with Crippen molar-refractivity contribution in [1.29, 1.82) is 0 Å². The molecule has 0 radical (unpaired) electrons. The lowest BCUT2D eigenvalue weighted by Gasteiger charge is -2.43. The van der Waals surface area contributed by atoms with Crippen molar-refractivity contribution in [2.75, 3.05) is 13.2 Å². The molecule has 2 aliphatic heterocycles. The van der Waals surface area contributed by atoms with Gasteiger partial charge in [-0.1, -0.05) is 0 Å². The summed E-state index contributed by atoms with van der Waals surface area (Å²) in [4.78, 5) is 11.5. The van der Waals surface area contributed by atoms with E-state index in [1.165, 1.54) is 0 Å². The molecule has 7 N–H and O–H groups in total. The monoisotopic (exact) mass is 340 g/mol. The number of hydrogen-bond donors (Lipinski definition) is 7. The summed E-state index contributed by atoms with van der Waals surface area (Å²) in [5.74, 6) is -1.11. The van der Waals surface area contributed by atoms with Crippen molar-refractivity contribution in [1.82, 2.24) is 0 Å². The minimum Gasteiger partial charge on any atom is -0.394 e. The summed E-state index contributed by atoms with van der Waals surface area (Å²) in [6, 6.07) is 0. The number of carbonyl (C=O) groups excluding carboxylic acids is 1. The maximum Gasteiger partial charge on any atom is 0.219 e. The van der Waals surface area contributed by atoms with Crippen LogP contribution in [0.3, 0.4) is 0 Å². The lowest BCUT2D eigenvalue weighted by atomic mass is 9.97. The Morgan fingerprint density at radius 1 is 0.870 bits per heavy atom. The van der Waals surface area contributed by atoms with Gasteiger partial charge in [0.05, 0.1) is 13.2 Å². The predicted molar refractivity (Wildman–Crippen MR) is 67.6 cm³/mol. The Bertz CT molecular complexity index is 416. The fourth-order valence-electron chi connectivity index (χ4n) is 2.47. The zero-order valence-electron chi connectivity index (χ0n) is 11.9. The molecule has 0 amide bonds. The first-order valence-corrected chi connectivity index (χ1v) is 6.94. The zero-order valence-corrected chi connectivity index (χ0v) is 11.9. The second-order valence-corrected chi connectivity index (χ2v) is 5.35. The van der Waals surface area contributed by atoms with Crippen molar-refractivity contribution in [2.24, 2.45) is 0 Å². The quantitative estimate of drug-likeness (QED) is 0.259. The molecule has 0 aromatic carbocycles. The summed E-state index contributed by atoms with van der Waals surface area (Å²) in [6.07, 6.45) is -14.5. The molecule has 0 aromatic rings. The fourth-order valence-corrected chi connectivity index (χ4v) is 2.47. The summed E-state index contributed by atoms with van der Waals surface area (Å²) >= 11 is 0. The van der Waals surface area contributed by atoms with Crippen LogP contribution in [0.15, 0.2) is 0 Å². The summed E-state index contributed by atoms with van der Waals surface area (Å²) in [5.41, 5.74) is 0. The Morgan fingerprint density at radius 2 is 1.48 bits per heavy atom. The number of ether oxygens (including phenoxy) is 3. The maximum absolute atomic E-state index is 11.5. The average molecular weight is 340 g/mol. The van der Waals surface area contributed by atoms with Crippen LogP contribution in [0.5, 0.6) is 0 Å². The van der Waals surface area contributed by atoms with Crippen LogP contribution >= 0.6 is 0 Å². The molecule has 0 bridgehead atoms. The summed E-state index contributed by atoms with van der Waals surface area (Å²) in [6.45, 7) is -1.40. The van der Waals surface area contributed by atoms with E-state index in [1.807, 2.05) is 0 Å². The first-order valence-electron chi connectivity index (χ1n) is 6.94. The third kappa shape index (κ3) is 3.53. The van der Waals surface area contributed by atoms with Crippen LogP contribution in [0, 0.1) is 0 Å². The molecule has 2 fully saturated rings. The molecule has 0 aliphatic carbocycles. The second kappa shape index (κ2) is 7.44. The van der Waals surface area contributed by atoms with Gasteiger partial charge in [0.2, 0.25) is 12.1 Å². The van der Waals surface area contributed by atoms with E-state index in [1.54, 1.807) is 0 Å². The minimum atomic E-state index is -1.93. The van der Waals surface area contributed by atoms with Crippen LogP contribution in [0.4, 0.5) is 0 Å². The Balaban J connectivity index is 2.13. The number of ketones is 1. The Kier molecular flexibility index (Phi) is 6.02. The molecule has 134 valence electrons. The molecule has 0 saturated carbocycles. The first-order chi connectivity index (χ1) is 10.8. The normalized spacial score (nSPS) is 48.5. The lowest BCUT2D eigenvalue weighted by molar-refractivity contribution is -0.334. The number of carbonyl (C=O) groups is 1. The lowest BCUT2D eigenvalue weighted by Crippen LogP contribution is -2.63. The van der Waals surface area contributed by atoms with E-state index in [-0.39, 0.29) is 0 Å². The van der Waals surface area contributed by atoms with E-state index in [4.69, 9.17) is 19.3 Å². The van der Waals surface area contributed by atoms with Crippen LogP contribution in [0.25, 0.3) is 0 Å². The summed E-state index contributed by atoms with van der Waals surface area (Å²) < 4.78 is 15.1. The maximum atomic E-state index is 11.5. The average Bonchev–Trinajstić information content (AvgIpc) is 2.55. The zero-order chi connectivity index (χ0) is 17.3. The van der Waals surface area contributed by atoms with Crippen LogP contribution < -0.4 is 0 Å². The van der Waals surface area contributed by atoms with Crippen molar-refractivity contribution in [3.8, 4) is 0 Å². The molecule has 23 heavy (non-hydrogen) atoms. The summed E-state index contributed by atoms with van der Waals surface area (Å²) in [5, 5.41) is 66.6. The van der Waals surface area contributed by atoms with E-state index in [9.17, 15) is 35.4 Å². The van der Waals surface area contributed by atoms with Crippen LogP contribution in [-0.2, 0) is 19.0 Å². The highest BCUT2D eigenvalue weighted by atomic mass is 16.7. The molecule has 0 aromatic heterocycles. The van der Waals surface area contributed by atoms with Crippen molar-refractivity contribution in [3.63, 3.8) is 0 Å². The van der Waals surface area contributed by atoms with E-state index < -0.39 is 74.3 Å². The summed E-state index contributed by atoms with van der Waals surface area (Å²) in [7, 11) is 0. The molecule has 0 spiro atoms. The third-order valence-corrected chi connectivity index (χ3v) is 3.84. The largest absolute Gasteiger partial charge is 0.394 e. The van der Waals surface area contributed by atoms with Gasteiger partial charge in [0, 0.05) is 0 Å². The number of Topliss-reactive ketones (excluding diaryl/α,β-unsaturated/α-hetero) is 1. The van der Waals surface area contributed by atoms with Crippen molar-refractivity contribution >= 4 is 5.78 Å². The molecule has 2 aliphatic rings. The van der Waals surface area contributed by atoms with Gasteiger partial charge >= 0.3 is 0 Å². The fraction of sp³-hybridized carbons (Fsp3) is 0.917. The molecule has 2 saturated heterocycles. The Hall–Kier alpha value is -0.730. The third-order valence-electron chi connectivity index (χ3n) is 3.84. The molecular weight excluding hydrogens is 320 g/mol. The molecule has 9 atom stereocenters. The number of aliphatic hydroxyl groups excluding tert-OH is 7. The van der Waals surface area contributed by atoms with Gasteiger partial charge in [0.25, 0.3) is 0 Å². The molecule has 1 unspecified atom stereocenters. The van der Waals surface area contributed by atoms with Gasteiger partial charge in [-0.15, -0.1) is 0 Å². The van der Waals surface area contributed by atoms with Crippen LogP contribution in [0.2, 0.25) is 0 Å². The number of hydrogen-bond acceptors (Lipinski definition) is 11. The van der Waals surface area contributed by atoms with Crippen molar-refractivity contribution in [2.45, 2.75) is 55.3 Å². The molecular formula is C12H20O11. The smallest absolute Gasteiger partial charge is 0.219 e. The van der Waals surface area contributed by atoms with Crippen molar-refractivity contribution < 1.29 is 54.8 Å². The van der Waals surface area contributed by atoms with Gasteiger partial charge in [-0.05, 0) is 0 Å². The topological polar surface area (TPSA) is 186 Å². The van der Waals surface area contributed by atoms with Crippen LogP contribution in [0.1, 0.15) is 0 Å². The van der Waals surface area contributed by atoms with Gasteiger partial charge in [-0.2, -0.15) is 0 Å². The molecule has 11 heteroatoms. The van der Waals surface area contributed by atoms with Gasteiger partial charge in [0.15, 0.2) is 6.29 Å². The van der Waals surface area contributed by atoms with E-state index in [0.717, 1.165) is 0 Å². The van der Waals surface area contributed by atoms with Crippen molar-refractivity contribution in [3.05, 3.63) is 0 Å². The van der Waals surface area contributed by atoms with Gasteiger partial charge in [-0.25, -0.2) is 0 Å². The van der Waals surface area contributed by atoms with E-state index in [2.05, 4.69) is 0 Å². The molecule has 2 rings (SSSR count). The first kappa shape index (κ1) is 18.6. The standard InChI is InChI=1S/C12H20O11/c13-1-3-5(15)6(16)9(19)12(22-3)23-10-4(2-14)21-11(20)8(18)7(10)17/h3-7,9-17,19-20H,1-2H2/t3-,4-,5-,6+,7-,9-,10-,11?,12+/m1/s1. The molecule has 11 nitrogen and oxygen atoms in total. The highest BCUT2D eigenvalue weighted by Gasteiger charge is 2.50. The SMILES string of the molecule is O=C1C(O)O[C@H](CO)[C@@H](O[C@@H]2O[C@H](CO)[C@@H](O)[C@H](O)[C@H]2O)[C@@H]1O. The van der Waals surface area contributed by atoms with Gasteiger partial charge in [0.1, 0.15) is 42.7 Å². The van der Waals surface area contributed by atoms with E-state index >= 15 is 0 Å². The Morgan fingerprint density at radius 3 is 2.04 bits per heavy atom. The van der Waals surface area contributed by atoms with Crippen LogP contribution in [-0.4, -0.2) is 110 Å².